The van der Waals surface area contributed by atoms with Crippen LogP contribution in [-0.2, 0) is 0 Å². The summed E-state index contributed by atoms with van der Waals surface area (Å²) < 4.78 is 0. The Morgan fingerprint density at radius 1 is 0.348 bits per heavy atom. The Labute approximate surface area is 266 Å². The van der Waals surface area contributed by atoms with E-state index in [1.54, 1.807) is 6.33 Å². The van der Waals surface area contributed by atoms with E-state index < -0.39 is 0 Å². The van der Waals surface area contributed by atoms with Crippen molar-refractivity contribution < 1.29 is 0 Å². The van der Waals surface area contributed by atoms with Crippen LogP contribution in [0.4, 0.5) is 0 Å². The van der Waals surface area contributed by atoms with E-state index in [-0.39, 0.29) is 0 Å². The van der Waals surface area contributed by atoms with Gasteiger partial charge in [0, 0.05) is 34.6 Å². The molecule has 0 fully saturated rings. The van der Waals surface area contributed by atoms with Gasteiger partial charge in [0.2, 0.25) is 0 Å². The fourth-order valence-corrected chi connectivity index (χ4v) is 6.62. The van der Waals surface area contributed by atoms with Crippen molar-refractivity contribution in [2.45, 2.75) is 0 Å². The molecule has 1 aliphatic rings. The van der Waals surface area contributed by atoms with Crippen LogP contribution < -0.4 is 0 Å². The van der Waals surface area contributed by atoms with Crippen LogP contribution in [0.1, 0.15) is 0 Å². The smallest absolute Gasteiger partial charge is 0.160 e. The minimum Gasteiger partial charge on any atom is -0.244 e. The highest BCUT2D eigenvalue weighted by atomic mass is 14.9. The molecule has 4 nitrogen and oxygen atoms in total. The van der Waals surface area contributed by atoms with E-state index >= 15 is 0 Å². The van der Waals surface area contributed by atoms with Gasteiger partial charge in [0.05, 0.1) is 11.4 Å². The molecule has 0 amide bonds. The topological polar surface area (TPSA) is 51.6 Å². The minimum atomic E-state index is 0.694. The van der Waals surface area contributed by atoms with Crippen molar-refractivity contribution in [2.75, 3.05) is 0 Å². The normalized spacial score (nSPS) is 11.5. The lowest BCUT2D eigenvalue weighted by Crippen LogP contribution is -1.96. The van der Waals surface area contributed by atoms with Crippen molar-refractivity contribution in [2.24, 2.45) is 0 Å². The van der Waals surface area contributed by atoms with Gasteiger partial charge in [-0.3, -0.25) is 0 Å². The summed E-state index contributed by atoms with van der Waals surface area (Å²) in [4.78, 5) is 18.4. The van der Waals surface area contributed by atoms with Crippen LogP contribution in [0, 0.1) is 0 Å². The molecule has 0 radical (unpaired) electrons. The average molecular weight is 587 g/mol. The van der Waals surface area contributed by atoms with E-state index in [1.165, 1.54) is 44.2 Å². The van der Waals surface area contributed by atoms with E-state index in [1.807, 2.05) is 30.6 Å². The molecule has 2 aromatic heterocycles. The summed E-state index contributed by atoms with van der Waals surface area (Å²) in [6, 6.07) is 49.3. The maximum atomic E-state index is 5.07. The van der Waals surface area contributed by atoms with Crippen molar-refractivity contribution in [1.29, 1.82) is 0 Å². The molecule has 0 aliphatic heterocycles. The number of hydrogen-bond acceptors (Lipinski definition) is 4. The van der Waals surface area contributed by atoms with E-state index in [9.17, 15) is 0 Å². The second-order valence-corrected chi connectivity index (χ2v) is 11.5. The highest BCUT2D eigenvalue weighted by Gasteiger charge is 2.22. The zero-order valence-corrected chi connectivity index (χ0v) is 24.8. The van der Waals surface area contributed by atoms with Crippen molar-refractivity contribution in [3.05, 3.63) is 158 Å². The lowest BCUT2D eigenvalue weighted by Gasteiger charge is -2.12. The Hall–Kier alpha value is -6.26. The minimum absolute atomic E-state index is 0.694. The molecule has 0 spiro atoms. The fourth-order valence-electron chi connectivity index (χ4n) is 6.62. The number of hydrogen-bond donors (Lipinski definition) is 0. The maximum absolute atomic E-state index is 5.07. The van der Waals surface area contributed by atoms with Gasteiger partial charge < -0.3 is 0 Å². The third-order valence-electron chi connectivity index (χ3n) is 8.87. The predicted molar refractivity (Wildman–Crippen MR) is 187 cm³/mol. The molecule has 4 heteroatoms. The van der Waals surface area contributed by atoms with E-state index in [4.69, 9.17) is 9.97 Å². The molecule has 9 rings (SSSR count). The Morgan fingerprint density at radius 3 is 1.61 bits per heavy atom. The van der Waals surface area contributed by atoms with Crippen molar-refractivity contribution in [1.82, 2.24) is 19.9 Å². The molecule has 0 saturated heterocycles. The van der Waals surface area contributed by atoms with Crippen molar-refractivity contribution in [3.8, 4) is 78.4 Å². The van der Waals surface area contributed by atoms with Gasteiger partial charge in [-0.25, -0.2) is 19.9 Å². The molecular weight excluding hydrogens is 560 g/mol. The third kappa shape index (κ3) is 4.39. The molecule has 8 aromatic rings. The molecule has 0 saturated carbocycles. The first kappa shape index (κ1) is 26.2. The maximum Gasteiger partial charge on any atom is 0.160 e. The van der Waals surface area contributed by atoms with E-state index in [0.29, 0.717) is 5.82 Å². The van der Waals surface area contributed by atoms with Gasteiger partial charge in [-0.1, -0.05) is 133 Å². The lowest BCUT2D eigenvalue weighted by molar-refractivity contribution is 1.17. The first-order valence-corrected chi connectivity index (χ1v) is 15.4. The van der Waals surface area contributed by atoms with Crippen LogP contribution in [-0.4, -0.2) is 19.9 Å². The Bertz CT molecular complexity index is 2350. The van der Waals surface area contributed by atoms with Crippen LogP contribution in [0.3, 0.4) is 0 Å². The quantitative estimate of drug-likeness (QED) is 0.201. The summed E-state index contributed by atoms with van der Waals surface area (Å²) in [6.07, 6.45) is 5.19. The van der Waals surface area contributed by atoms with Gasteiger partial charge >= 0.3 is 0 Å². The summed E-state index contributed by atoms with van der Waals surface area (Å²) >= 11 is 0. The molecule has 6 aromatic carbocycles. The molecule has 0 bridgehead atoms. The molecule has 0 atom stereocenters. The molecule has 46 heavy (non-hydrogen) atoms. The first-order valence-electron chi connectivity index (χ1n) is 15.4. The van der Waals surface area contributed by atoms with Gasteiger partial charge in [-0.15, -0.1) is 0 Å². The number of nitrogens with zero attached hydrogens (tertiary/aromatic N) is 4. The standard InChI is InChI=1S/C42H26N4/c1-2-7-29(8-3-1)39-23-40(30-17-13-27(14-18-30)32-24-43-26-44-25-32)46-42(45-39)31-19-15-28(16-20-31)33-21-22-38-35-10-5-4-9-34(35)37-12-6-11-36(33)41(37)38/h1-26H. The number of rotatable bonds is 5. The van der Waals surface area contributed by atoms with Crippen LogP contribution in [0.25, 0.3) is 89.2 Å². The molecule has 1 aliphatic carbocycles. The second-order valence-electron chi connectivity index (χ2n) is 11.5. The van der Waals surface area contributed by atoms with Crippen molar-refractivity contribution >= 4 is 10.8 Å². The second kappa shape index (κ2) is 10.7. The average Bonchev–Trinajstić information content (AvgIpc) is 3.47. The van der Waals surface area contributed by atoms with Crippen LogP contribution >= 0.6 is 0 Å². The third-order valence-corrected chi connectivity index (χ3v) is 8.87. The summed E-state index contributed by atoms with van der Waals surface area (Å²) in [5, 5.41) is 2.61. The highest BCUT2D eigenvalue weighted by Crippen LogP contribution is 2.49. The van der Waals surface area contributed by atoms with E-state index in [0.717, 1.165) is 39.2 Å². The SMILES string of the molecule is c1ccc(-c2cc(-c3ccc(-c4cncnc4)cc3)nc(-c3ccc(-c4ccc5c6c(cccc46)-c4ccccc4-5)cc3)n2)cc1. The molecule has 0 N–H and O–H groups in total. The first-order chi connectivity index (χ1) is 22.8. The Morgan fingerprint density at radius 2 is 0.891 bits per heavy atom. The zero-order valence-electron chi connectivity index (χ0n) is 24.8. The molecular formula is C42H26N4. The molecule has 214 valence electrons. The molecule has 2 heterocycles. The van der Waals surface area contributed by atoms with Gasteiger partial charge in [0.1, 0.15) is 6.33 Å². The van der Waals surface area contributed by atoms with Gasteiger partial charge in [-0.2, -0.15) is 0 Å². The van der Waals surface area contributed by atoms with Gasteiger partial charge in [-0.05, 0) is 55.8 Å². The fraction of sp³-hybridized carbons (Fsp3) is 0. The van der Waals surface area contributed by atoms with Crippen LogP contribution in [0.5, 0.6) is 0 Å². The predicted octanol–water partition coefficient (Wildman–Crippen LogP) is 10.4. The number of aromatic nitrogens is 4. The Balaban J connectivity index is 1.11. The van der Waals surface area contributed by atoms with Crippen LogP contribution in [0.15, 0.2) is 158 Å². The lowest BCUT2D eigenvalue weighted by atomic mass is 9.94. The summed E-state index contributed by atoms with van der Waals surface area (Å²) in [6.45, 7) is 0. The van der Waals surface area contributed by atoms with Gasteiger partial charge in [0.25, 0.3) is 0 Å². The Kier molecular flexibility index (Phi) is 6.10. The number of fused-ring (bicyclic) bond motifs is 3. The zero-order chi connectivity index (χ0) is 30.5. The largest absolute Gasteiger partial charge is 0.244 e. The number of benzene rings is 6. The highest BCUT2D eigenvalue weighted by molar-refractivity contribution is 6.18. The summed E-state index contributed by atoms with van der Waals surface area (Å²) in [7, 11) is 0. The van der Waals surface area contributed by atoms with Gasteiger partial charge in [0.15, 0.2) is 5.82 Å². The molecule has 0 unspecified atom stereocenters. The summed E-state index contributed by atoms with van der Waals surface area (Å²) in [5.74, 6) is 0.694. The van der Waals surface area contributed by atoms with Crippen LogP contribution in [0.2, 0.25) is 0 Å². The summed E-state index contributed by atoms with van der Waals surface area (Å²) in [5.41, 5.74) is 14.5. The monoisotopic (exact) mass is 586 g/mol. The van der Waals surface area contributed by atoms with E-state index in [2.05, 4.69) is 131 Å². The van der Waals surface area contributed by atoms with Crippen molar-refractivity contribution in [3.63, 3.8) is 0 Å².